The quantitative estimate of drug-likeness (QED) is 0.633. The van der Waals surface area contributed by atoms with E-state index >= 15 is 0 Å². The number of hydrazine groups is 1. The van der Waals surface area contributed by atoms with E-state index in [0.717, 1.165) is 0 Å². The lowest BCUT2D eigenvalue weighted by Crippen LogP contribution is -2.38. The molecule has 3 aromatic rings. The van der Waals surface area contributed by atoms with Crippen LogP contribution in [0.1, 0.15) is 12.1 Å². The first-order chi connectivity index (χ1) is 9.93. The summed E-state index contributed by atoms with van der Waals surface area (Å²) < 4.78 is 20.3. The zero-order valence-electron chi connectivity index (χ0n) is 9.60. The van der Waals surface area contributed by atoms with Crippen molar-refractivity contribution in [1.29, 1.82) is 0 Å². The fourth-order valence-electron chi connectivity index (χ4n) is 1.66. The Kier molecular flexibility index (Phi) is 2.32. The maximum absolute atomic E-state index is 5.45. The third kappa shape index (κ3) is 1.58. The van der Waals surface area contributed by atoms with Gasteiger partial charge in [0, 0.05) is 0 Å². The van der Waals surface area contributed by atoms with Crippen LogP contribution in [0.2, 0.25) is 0 Å². The molecule has 101 valence electrons. The molecule has 0 bridgehead atoms. The van der Waals surface area contributed by atoms with Gasteiger partial charge in [0.15, 0.2) is 6.33 Å². The molecule has 0 saturated carbocycles. The molecular weight excluding hydrogens is 272 g/mol. The van der Waals surface area contributed by atoms with Crippen molar-refractivity contribution in [2.24, 2.45) is 0 Å². The molecule has 4 heterocycles. The number of nitrogens with zero attached hydrogens (tertiary/aromatic N) is 8. The van der Waals surface area contributed by atoms with Crippen LogP contribution in [0.3, 0.4) is 0 Å². The number of hydrogen-bond acceptors (Lipinski definition) is 12. The lowest BCUT2D eigenvalue weighted by atomic mass is 10.5. The average Bonchev–Trinajstić information content (AvgIpc) is 3.23. The number of hydrogen-bond donors (Lipinski definition) is 0. The Morgan fingerprint density at radius 1 is 1.20 bits per heavy atom. The molecule has 3 aromatic heterocycles. The van der Waals surface area contributed by atoms with Crippen molar-refractivity contribution in [2.75, 3.05) is 10.0 Å². The predicted octanol–water partition coefficient (Wildman–Crippen LogP) is -0.0881. The minimum Gasteiger partial charge on any atom is -0.423 e. The highest BCUT2D eigenvalue weighted by atomic mass is 16.6. The van der Waals surface area contributed by atoms with E-state index in [1.165, 1.54) is 35.9 Å². The van der Waals surface area contributed by atoms with Crippen LogP contribution in [0.15, 0.2) is 32.6 Å². The zero-order valence-corrected chi connectivity index (χ0v) is 9.60. The van der Waals surface area contributed by atoms with E-state index in [1.54, 1.807) is 0 Å². The Morgan fingerprint density at radius 2 is 2.20 bits per heavy atom. The molecule has 1 atom stereocenters. The predicted molar refractivity (Wildman–Crippen MR) is 56.0 cm³/mol. The van der Waals surface area contributed by atoms with Gasteiger partial charge in [-0.05, 0) is 5.16 Å². The fraction of sp³-hybridized carbons (Fsp3) is 0.125. The largest absolute Gasteiger partial charge is 0.423 e. The van der Waals surface area contributed by atoms with Gasteiger partial charge in [0.05, 0.1) is 0 Å². The number of ether oxygens (including phenoxy) is 1. The summed E-state index contributed by atoms with van der Waals surface area (Å²) in [5.74, 6) is 0.413. The third-order valence-corrected chi connectivity index (χ3v) is 2.43. The molecule has 1 aliphatic heterocycles. The summed E-state index contributed by atoms with van der Waals surface area (Å²) in [6.45, 7) is 1.34. The molecule has 1 unspecified atom stereocenters. The van der Waals surface area contributed by atoms with Crippen LogP contribution in [0, 0.1) is 6.73 Å². The lowest BCUT2D eigenvalue weighted by molar-refractivity contribution is 0.124. The first-order valence-electron chi connectivity index (χ1n) is 5.30. The van der Waals surface area contributed by atoms with Crippen LogP contribution in [0.25, 0.3) is 0 Å². The Hall–Kier alpha value is -3.02. The van der Waals surface area contributed by atoms with Gasteiger partial charge >= 0.3 is 6.01 Å². The molecule has 1 aliphatic rings. The minimum atomic E-state index is -0.781. The average molecular weight is 277 g/mol. The van der Waals surface area contributed by atoms with Gasteiger partial charge < -0.3 is 18.2 Å². The standard InChI is InChI=1S/C8H5N8O4/c1-9-8(20-12-1)16-6(5-13-11-3-17-5)18-4-15(16)7-10-2-19-14-7/h1-4,6H. The Morgan fingerprint density at radius 3 is 2.90 bits per heavy atom. The summed E-state index contributed by atoms with van der Waals surface area (Å²) in [5.41, 5.74) is 0. The zero-order chi connectivity index (χ0) is 13.4. The molecule has 12 heteroatoms. The summed E-state index contributed by atoms with van der Waals surface area (Å²) in [4.78, 5) is 7.86. The minimum absolute atomic E-state index is 0.131. The van der Waals surface area contributed by atoms with E-state index in [-0.39, 0.29) is 17.9 Å². The summed E-state index contributed by atoms with van der Waals surface area (Å²) in [5, 5.41) is 17.5. The van der Waals surface area contributed by atoms with E-state index in [1.807, 2.05) is 0 Å². The molecule has 0 aliphatic carbocycles. The van der Waals surface area contributed by atoms with Gasteiger partial charge in [-0.15, -0.1) is 10.2 Å². The summed E-state index contributed by atoms with van der Waals surface area (Å²) in [7, 11) is 0. The van der Waals surface area contributed by atoms with E-state index in [9.17, 15) is 0 Å². The number of rotatable bonds is 3. The highest BCUT2D eigenvalue weighted by Crippen LogP contribution is 2.36. The second kappa shape index (κ2) is 4.27. The normalized spacial score (nSPS) is 18.9. The molecule has 0 aromatic carbocycles. The molecule has 0 amide bonds. The van der Waals surface area contributed by atoms with Gasteiger partial charge in [0.2, 0.25) is 25.7 Å². The van der Waals surface area contributed by atoms with Crippen LogP contribution in [0.4, 0.5) is 12.0 Å². The topological polar surface area (TPSA) is 132 Å². The van der Waals surface area contributed by atoms with Gasteiger partial charge in [-0.2, -0.15) is 15.0 Å². The second-order valence-electron chi connectivity index (χ2n) is 3.52. The first kappa shape index (κ1) is 10.9. The van der Waals surface area contributed by atoms with E-state index < -0.39 is 6.23 Å². The monoisotopic (exact) mass is 277 g/mol. The van der Waals surface area contributed by atoms with Gasteiger partial charge in [-0.25, -0.2) is 5.01 Å². The highest BCUT2D eigenvalue weighted by Gasteiger charge is 2.42. The van der Waals surface area contributed by atoms with Crippen LogP contribution >= 0.6 is 0 Å². The van der Waals surface area contributed by atoms with Gasteiger partial charge in [-0.1, -0.05) is 5.16 Å². The number of aromatic nitrogens is 6. The maximum atomic E-state index is 5.45. The molecule has 1 saturated heterocycles. The van der Waals surface area contributed by atoms with Crippen LogP contribution < -0.4 is 10.0 Å². The van der Waals surface area contributed by atoms with Gasteiger partial charge in [0.1, 0.15) is 0 Å². The molecule has 1 fully saturated rings. The highest BCUT2D eigenvalue weighted by molar-refractivity contribution is 5.45. The number of anilines is 2. The fourth-order valence-corrected chi connectivity index (χ4v) is 1.66. The van der Waals surface area contributed by atoms with Crippen molar-refractivity contribution < 1.29 is 18.2 Å². The second-order valence-corrected chi connectivity index (χ2v) is 3.52. The first-order valence-corrected chi connectivity index (χ1v) is 5.30. The van der Waals surface area contributed by atoms with Crippen molar-refractivity contribution in [3.8, 4) is 0 Å². The molecular formula is C8H5N8O4. The third-order valence-electron chi connectivity index (χ3n) is 2.43. The van der Waals surface area contributed by atoms with Crippen molar-refractivity contribution in [1.82, 2.24) is 30.5 Å². The molecule has 0 N–H and O–H groups in total. The van der Waals surface area contributed by atoms with Crippen molar-refractivity contribution >= 4 is 12.0 Å². The van der Waals surface area contributed by atoms with Crippen molar-refractivity contribution in [3.63, 3.8) is 0 Å². The smallest absolute Gasteiger partial charge is 0.345 e. The van der Waals surface area contributed by atoms with Crippen molar-refractivity contribution in [3.05, 3.63) is 31.7 Å². The lowest BCUT2D eigenvalue weighted by Gasteiger charge is -2.23. The SMILES string of the molecule is [CH]1OC(c2nnco2)N(c2ncno2)N1c1ncon1. The summed E-state index contributed by atoms with van der Waals surface area (Å²) >= 11 is 0. The van der Waals surface area contributed by atoms with E-state index in [4.69, 9.17) is 18.2 Å². The molecule has 20 heavy (non-hydrogen) atoms. The Balaban J connectivity index is 1.75. The Labute approximate surface area is 109 Å². The summed E-state index contributed by atoms with van der Waals surface area (Å²) in [6, 6.07) is 0.131. The van der Waals surface area contributed by atoms with Crippen LogP contribution in [0.5, 0.6) is 0 Å². The van der Waals surface area contributed by atoms with Crippen LogP contribution in [-0.2, 0) is 4.74 Å². The van der Waals surface area contributed by atoms with Crippen LogP contribution in [-0.4, -0.2) is 30.5 Å². The van der Waals surface area contributed by atoms with Gasteiger partial charge in [0.25, 0.3) is 11.8 Å². The molecule has 12 nitrogen and oxygen atoms in total. The van der Waals surface area contributed by atoms with Crippen molar-refractivity contribution in [2.45, 2.75) is 6.23 Å². The van der Waals surface area contributed by atoms with Gasteiger partial charge in [-0.3, -0.25) is 0 Å². The molecule has 0 spiro atoms. The molecule has 4 rings (SSSR count). The van der Waals surface area contributed by atoms with E-state index in [0.29, 0.717) is 0 Å². The maximum Gasteiger partial charge on any atom is 0.345 e. The molecule has 1 radical (unpaired) electrons. The Bertz CT molecular complexity index is 611. The van der Waals surface area contributed by atoms with E-state index in [2.05, 4.69) is 30.5 Å². The summed E-state index contributed by atoms with van der Waals surface area (Å²) in [6.07, 6.45) is 2.82.